The molecule has 2 amide bonds. The Hall–Kier alpha value is -3.48. The average molecular weight is 392 g/mol. The molecule has 0 aliphatic carbocycles. The molecule has 0 aliphatic heterocycles. The molecule has 0 aliphatic rings. The van der Waals surface area contributed by atoms with E-state index < -0.39 is 6.04 Å². The van der Waals surface area contributed by atoms with Crippen LogP contribution in [0.1, 0.15) is 44.2 Å². The molecule has 1 heterocycles. The summed E-state index contributed by atoms with van der Waals surface area (Å²) < 4.78 is 5.25. The van der Waals surface area contributed by atoms with Crippen molar-refractivity contribution in [1.29, 1.82) is 0 Å². The van der Waals surface area contributed by atoms with E-state index in [1.165, 1.54) is 0 Å². The van der Waals surface area contributed by atoms with Crippen molar-refractivity contribution in [2.45, 2.75) is 39.2 Å². The number of carbonyl (C=O) groups excluding carboxylic acids is 2. The minimum absolute atomic E-state index is 0.0727. The number of amides is 2. The molecule has 7 nitrogen and oxygen atoms in total. The van der Waals surface area contributed by atoms with Crippen molar-refractivity contribution in [1.82, 2.24) is 15.5 Å². The zero-order valence-electron chi connectivity index (χ0n) is 16.5. The lowest BCUT2D eigenvalue weighted by Gasteiger charge is -2.10. The van der Waals surface area contributed by atoms with Gasteiger partial charge in [0.05, 0.1) is 0 Å². The number of nitrogens with zero attached hydrogens (tertiary/aromatic N) is 2. The molecule has 150 valence electrons. The molecular weight excluding hydrogens is 368 g/mol. The van der Waals surface area contributed by atoms with Gasteiger partial charge in [-0.2, -0.15) is 4.98 Å². The van der Waals surface area contributed by atoms with Crippen LogP contribution in [0.2, 0.25) is 0 Å². The first-order chi connectivity index (χ1) is 14.0. The maximum absolute atomic E-state index is 12.2. The third kappa shape index (κ3) is 5.75. The van der Waals surface area contributed by atoms with Crippen LogP contribution in [0.15, 0.2) is 59.1 Å². The Labute approximate surface area is 169 Å². The van der Waals surface area contributed by atoms with E-state index in [0.717, 1.165) is 23.2 Å². The fourth-order valence-electron chi connectivity index (χ4n) is 2.81. The summed E-state index contributed by atoms with van der Waals surface area (Å²) in [5.41, 5.74) is 2.72. The second-order valence-corrected chi connectivity index (χ2v) is 6.71. The second kappa shape index (κ2) is 9.64. The molecule has 1 atom stereocenters. The van der Waals surface area contributed by atoms with Gasteiger partial charge >= 0.3 is 0 Å². The minimum atomic E-state index is -0.447. The molecule has 3 rings (SSSR count). The van der Waals surface area contributed by atoms with Crippen LogP contribution in [0, 0.1) is 0 Å². The van der Waals surface area contributed by atoms with Crippen molar-refractivity contribution in [2.24, 2.45) is 0 Å². The van der Waals surface area contributed by atoms with Crippen LogP contribution < -0.4 is 10.6 Å². The maximum atomic E-state index is 12.2. The molecular formula is C22H24N4O3. The predicted molar refractivity (Wildman–Crippen MR) is 110 cm³/mol. The van der Waals surface area contributed by atoms with Gasteiger partial charge in [0.1, 0.15) is 6.04 Å². The molecule has 7 heteroatoms. The van der Waals surface area contributed by atoms with E-state index >= 15 is 0 Å². The molecule has 0 unspecified atom stereocenters. The Morgan fingerprint density at radius 3 is 2.55 bits per heavy atom. The molecule has 0 saturated carbocycles. The summed E-state index contributed by atoms with van der Waals surface area (Å²) in [4.78, 5) is 28.6. The van der Waals surface area contributed by atoms with Crippen LogP contribution in [0.3, 0.4) is 0 Å². The first-order valence-corrected chi connectivity index (χ1v) is 9.62. The number of hydrogen-bond donors (Lipinski definition) is 2. The zero-order chi connectivity index (χ0) is 20.6. The Morgan fingerprint density at radius 2 is 1.79 bits per heavy atom. The number of carbonyl (C=O) groups is 2. The Kier molecular flexibility index (Phi) is 6.73. The Balaban J connectivity index is 1.47. The highest BCUT2D eigenvalue weighted by Gasteiger charge is 2.18. The van der Waals surface area contributed by atoms with Crippen molar-refractivity contribution in [3.8, 4) is 11.4 Å². The molecule has 0 saturated heterocycles. The van der Waals surface area contributed by atoms with Crippen LogP contribution in [0.5, 0.6) is 0 Å². The highest BCUT2D eigenvalue weighted by Crippen LogP contribution is 2.18. The normalized spacial score (nSPS) is 11.7. The van der Waals surface area contributed by atoms with Crippen LogP contribution in [0.4, 0.5) is 5.69 Å². The molecule has 2 N–H and O–H groups in total. The number of hydrogen-bond acceptors (Lipinski definition) is 5. The highest BCUT2D eigenvalue weighted by molar-refractivity contribution is 5.93. The maximum Gasteiger partial charge on any atom is 0.249 e. The minimum Gasteiger partial charge on any atom is -0.345 e. The topological polar surface area (TPSA) is 97.1 Å². The number of rotatable bonds is 8. The van der Waals surface area contributed by atoms with Crippen LogP contribution >= 0.6 is 0 Å². The van der Waals surface area contributed by atoms with Crippen molar-refractivity contribution < 1.29 is 14.1 Å². The van der Waals surface area contributed by atoms with Crippen LogP contribution in [-0.4, -0.2) is 22.0 Å². The molecule has 0 spiro atoms. The molecule has 0 radical (unpaired) electrons. The van der Waals surface area contributed by atoms with Gasteiger partial charge in [-0.05, 0) is 31.0 Å². The number of aromatic nitrogens is 2. The van der Waals surface area contributed by atoms with E-state index in [4.69, 9.17) is 4.52 Å². The SMILES string of the molecule is CCc1cccc(NC(=O)CCC(=O)N[C@H](C)c2nc(-c3ccccc3)no2)c1. The lowest BCUT2D eigenvalue weighted by molar-refractivity contribution is -0.125. The lowest BCUT2D eigenvalue weighted by atomic mass is 10.1. The van der Waals surface area contributed by atoms with Gasteiger partial charge in [0.15, 0.2) is 0 Å². The van der Waals surface area contributed by atoms with E-state index in [1.54, 1.807) is 6.92 Å². The second-order valence-electron chi connectivity index (χ2n) is 6.71. The highest BCUT2D eigenvalue weighted by atomic mass is 16.5. The van der Waals surface area contributed by atoms with Crippen molar-refractivity contribution >= 4 is 17.5 Å². The molecule has 0 fully saturated rings. The third-order valence-corrected chi connectivity index (χ3v) is 4.42. The van der Waals surface area contributed by atoms with Gasteiger partial charge in [0.25, 0.3) is 0 Å². The number of nitrogens with one attached hydrogen (secondary N) is 2. The van der Waals surface area contributed by atoms with Gasteiger partial charge in [-0.3, -0.25) is 9.59 Å². The summed E-state index contributed by atoms with van der Waals surface area (Å²) in [6.07, 6.45) is 1.06. The summed E-state index contributed by atoms with van der Waals surface area (Å²) in [5.74, 6) is 0.327. The van der Waals surface area contributed by atoms with Crippen LogP contribution in [-0.2, 0) is 16.0 Å². The van der Waals surface area contributed by atoms with E-state index in [0.29, 0.717) is 11.7 Å². The summed E-state index contributed by atoms with van der Waals surface area (Å²) in [6, 6.07) is 16.7. The van der Waals surface area contributed by atoms with E-state index in [9.17, 15) is 9.59 Å². The van der Waals surface area contributed by atoms with Gasteiger partial charge in [-0.25, -0.2) is 0 Å². The lowest BCUT2D eigenvalue weighted by Crippen LogP contribution is -2.27. The molecule has 1 aromatic heterocycles. The van der Waals surface area contributed by atoms with Crippen molar-refractivity contribution in [3.05, 3.63) is 66.1 Å². The fourth-order valence-corrected chi connectivity index (χ4v) is 2.81. The van der Waals surface area contributed by atoms with Gasteiger partial charge in [-0.15, -0.1) is 0 Å². The summed E-state index contributed by atoms with van der Waals surface area (Å²) in [7, 11) is 0. The first-order valence-electron chi connectivity index (χ1n) is 9.62. The van der Waals surface area contributed by atoms with Gasteiger partial charge < -0.3 is 15.2 Å². The van der Waals surface area contributed by atoms with Gasteiger partial charge in [0.2, 0.25) is 23.5 Å². The molecule has 3 aromatic rings. The standard InChI is InChI=1S/C22H24N4O3/c1-3-16-8-7-11-18(14-16)24-20(28)13-12-19(27)23-15(2)22-25-21(26-29-22)17-9-5-4-6-10-17/h4-11,14-15H,3,12-13H2,1-2H3,(H,23,27)(H,24,28)/t15-/m1/s1. The molecule has 2 aromatic carbocycles. The Bertz CT molecular complexity index is 969. The fraction of sp³-hybridized carbons (Fsp3) is 0.273. The van der Waals surface area contributed by atoms with Crippen molar-refractivity contribution in [2.75, 3.05) is 5.32 Å². The van der Waals surface area contributed by atoms with E-state index in [2.05, 4.69) is 27.7 Å². The number of aryl methyl sites for hydroxylation is 1. The summed E-state index contributed by atoms with van der Waals surface area (Å²) in [6.45, 7) is 3.81. The van der Waals surface area contributed by atoms with Gasteiger partial charge in [0, 0.05) is 24.1 Å². The number of benzene rings is 2. The van der Waals surface area contributed by atoms with Crippen LogP contribution in [0.25, 0.3) is 11.4 Å². The summed E-state index contributed by atoms with van der Waals surface area (Å²) in [5, 5.41) is 9.55. The van der Waals surface area contributed by atoms with E-state index in [1.807, 2.05) is 54.6 Å². The first kappa shape index (κ1) is 20.3. The van der Waals surface area contributed by atoms with E-state index in [-0.39, 0.29) is 24.7 Å². The monoisotopic (exact) mass is 392 g/mol. The molecule has 29 heavy (non-hydrogen) atoms. The van der Waals surface area contributed by atoms with Gasteiger partial charge in [-0.1, -0.05) is 54.5 Å². The smallest absolute Gasteiger partial charge is 0.249 e. The quantitative estimate of drug-likeness (QED) is 0.606. The average Bonchev–Trinajstić information content (AvgIpc) is 3.23. The molecule has 0 bridgehead atoms. The summed E-state index contributed by atoms with van der Waals surface area (Å²) >= 11 is 0. The Morgan fingerprint density at radius 1 is 1.03 bits per heavy atom. The largest absolute Gasteiger partial charge is 0.345 e. The predicted octanol–water partition coefficient (Wildman–Crippen LogP) is 3.90. The third-order valence-electron chi connectivity index (χ3n) is 4.42. The zero-order valence-corrected chi connectivity index (χ0v) is 16.5. The van der Waals surface area contributed by atoms with Crippen molar-refractivity contribution in [3.63, 3.8) is 0 Å². The number of anilines is 1.